The smallest absolute Gasteiger partial charge is 0.164 e. The molecule has 4 aliphatic carbocycles. The van der Waals surface area contributed by atoms with Crippen LogP contribution in [-0.2, 0) is 9.59 Å². The Morgan fingerprint density at radius 3 is 2.50 bits per heavy atom. The van der Waals surface area contributed by atoms with Gasteiger partial charge in [-0.1, -0.05) is 13.8 Å². The van der Waals surface area contributed by atoms with Crippen LogP contribution in [0.1, 0.15) is 65.2 Å². The molecule has 0 amide bonds. The van der Waals surface area contributed by atoms with Crippen LogP contribution in [0.5, 0.6) is 0 Å². The van der Waals surface area contributed by atoms with Crippen molar-refractivity contribution < 1.29 is 14.7 Å². The first kappa shape index (κ1) is 14.9. The van der Waals surface area contributed by atoms with Crippen LogP contribution >= 0.6 is 0 Å². The highest BCUT2D eigenvalue weighted by Crippen LogP contribution is 2.64. The lowest BCUT2D eigenvalue weighted by molar-refractivity contribution is -0.160. The Hall–Kier alpha value is -0.700. The molecule has 0 saturated heterocycles. The standard InChI is InChI=1S/C19H28O3/c1-18-10-8-15(20)17(22)14(18)4-3-11-12-5-6-16(21)19(12,2)9-7-13(11)18/h11-15,20H,3-10H2,1-2H3/t11-,12-,13-,14+,15+,18+,19-/m0/s1. The SMILES string of the molecule is C[C@]12CC[C@@H](O)C(=O)[C@H]1CC[C@@H]1[C@@H]2CC[C@]2(C)C(=O)CC[C@@H]12. The minimum Gasteiger partial charge on any atom is -0.385 e. The van der Waals surface area contributed by atoms with Crippen molar-refractivity contribution in [1.29, 1.82) is 0 Å². The number of carbonyl (C=O) groups is 2. The molecule has 0 aromatic rings. The topological polar surface area (TPSA) is 54.4 Å². The minimum atomic E-state index is -0.725. The Morgan fingerprint density at radius 1 is 0.955 bits per heavy atom. The van der Waals surface area contributed by atoms with Crippen LogP contribution in [0.4, 0.5) is 0 Å². The van der Waals surface area contributed by atoms with Crippen LogP contribution in [-0.4, -0.2) is 22.8 Å². The van der Waals surface area contributed by atoms with Crippen LogP contribution in [0.3, 0.4) is 0 Å². The molecule has 3 heteroatoms. The minimum absolute atomic E-state index is 0.0546. The number of aliphatic hydroxyl groups excluding tert-OH is 1. The Balaban J connectivity index is 1.67. The van der Waals surface area contributed by atoms with Crippen LogP contribution in [0.15, 0.2) is 0 Å². The zero-order chi connectivity index (χ0) is 15.7. The Bertz CT molecular complexity index is 527. The summed E-state index contributed by atoms with van der Waals surface area (Å²) in [5.74, 6) is 2.38. The molecular weight excluding hydrogens is 276 g/mol. The summed E-state index contributed by atoms with van der Waals surface area (Å²) >= 11 is 0. The number of aliphatic hydroxyl groups is 1. The quantitative estimate of drug-likeness (QED) is 0.748. The van der Waals surface area contributed by atoms with E-state index in [1.165, 1.54) is 0 Å². The van der Waals surface area contributed by atoms with Gasteiger partial charge in [-0.2, -0.15) is 0 Å². The lowest BCUT2D eigenvalue weighted by atomic mass is 9.45. The van der Waals surface area contributed by atoms with E-state index in [1.54, 1.807) is 0 Å². The molecule has 0 spiro atoms. The monoisotopic (exact) mass is 304 g/mol. The fourth-order valence-corrected chi connectivity index (χ4v) is 6.88. The maximum absolute atomic E-state index is 12.5. The van der Waals surface area contributed by atoms with Gasteiger partial charge >= 0.3 is 0 Å². The number of hydrogen-bond acceptors (Lipinski definition) is 3. The second kappa shape index (κ2) is 4.66. The molecule has 4 aliphatic rings. The van der Waals surface area contributed by atoms with Crippen LogP contribution in [0.2, 0.25) is 0 Å². The number of rotatable bonds is 0. The Kier molecular flexibility index (Phi) is 3.15. The predicted molar refractivity (Wildman–Crippen MR) is 83.1 cm³/mol. The van der Waals surface area contributed by atoms with Gasteiger partial charge in [0.15, 0.2) is 5.78 Å². The van der Waals surface area contributed by atoms with Crippen molar-refractivity contribution in [3.05, 3.63) is 0 Å². The zero-order valence-corrected chi connectivity index (χ0v) is 13.8. The third-order valence-corrected chi connectivity index (χ3v) is 8.21. The molecule has 1 N–H and O–H groups in total. The first-order valence-corrected chi connectivity index (χ1v) is 9.13. The summed E-state index contributed by atoms with van der Waals surface area (Å²) in [6.07, 6.45) is 6.83. The summed E-state index contributed by atoms with van der Waals surface area (Å²) in [5.41, 5.74) is -0.0191. The van der Waals surface area contributed by atoms with Crippen molar-refractivity contribution in [2.75, 3.05) is 0 Å². The van der Waals surface area contributed by atoms with Crippen molar-refractivity contribution >= 4 is 11.6 Å². The Morgan fingerprint density at radius 2 is 1.73 bits per heavy atom. The molecule has 0 unspecified atom stereocenters. The van der Waals surface area contributed by atoms with Gasteiger partial charge in [-0.25, -0.2) is 0 Å². The number of Topliss-reactive ketones (excluding diaryl/α,β-unsaturated/α-hetero) is 2. The maximum atomic E-state index is 12.5. The molecule has 0 aromatic carbocycles. The van der Waals surface area contributed by atoms with E-state index in [2.05, 4.69) is 13.8 Å². The van der Waals surface area contributed by atoms with Crippen LogP contribution in [0.25, 0.3) is 0 Å². The predicted octanol–water partition coefficient (Wildman–Crippen LogP) is 3.14. The summed E-state index contributed by atoms with van der Waals surface area (Å²) < 4.78 is 0. The highest BCUT2D eigenvalue weighted by molar-refractivity contribution is 5.88. The van der Waals surface area contributed by atoms with Crippen molar-refractivity contribution in [1.82, 2.24) is 0 Å². The molecule has 4 rings (SSSR count). The average molecular weight is 304 g/mol. The highest BCUT2D eigenvalue weighted by atomic mass is 16.3. The molecule has 0 aliphatic heterocycles. The Labute approximate surface area is 132 Å². The third kappa shape index (κ3) is 1.72. The molecule has 0 aromatic heterocycles. The van der Waals surface area contributed by atoms with Gasteiger partial charge in [0.05, 0.1) is 0 Å². The maximum Gasteiger partial charge on any atom is 0.164 e. The summed E-state index contributed by atoms with van der Waals surface area (Å²) in [5, 5.41) is 9.96. The molecule has 122 valence electrons. The number of carbonyl (C=O) groups excluding carboxylic acids is 2. The van der Waals surface area contributed by atoms with Gasteiger partial charge in [0, 0.05) is 17.8 Å². The van der Waals surface area contributed by atoms with Gasteiger partial charge in [-0.15, -0.1) is 0 Å². The second-order valence-electron chi connectivity index (χ2n) is 8.89. The van der Waals surface area contributed by atoms with E-state index < -0.39 is 6.10 Å². The largest absolute Gasteiger partial charge is 0.385 e. The number of ketones is 2. The fourth-order valence-electron chi connectivity index (χ4n) is 6.88. The second-order valence-corrected chi connectivity index (χ2v) is 8.89. The van der Waals surface area contributed by atoms with Crippen molar-refractivity contribution in [2.24, 2.45) is 34.5 Å². The van der Waals surface area contributed by atoms with Crippen molar-refractivity contribution in [2.45, 2.75) is 71.3 Å². The van der Waals surface area contributed by atoms with E-state index in [4.69, 9.17) is 0 Å². The van der Waals surface area contributed by atoms with E-state index in [0.29, 0.717) is 30.0 Å². The summed E-state index contributed by atoms with van der Waals surface area (Å²) in [6, 6.07) is 0. The van der Waals surface area contributed by atoms with Crippen molar-refractivity contribution in [3.8, 4) is 0 Å². The number of hydrogen-bond donors (Lipinski definition) is 1. The van der Waals surface area contributed by atoms with Crippen LogP contribution < -0.4 is 0 Å². The van der Waals surface area contributed by atoms with E-state index >= 15 is 0 Å². The molecule has 3 nitrogen and oxygen atoms in total. The summed E-state index contributed by atoms with van der Waals surface area (Å²) in [7, 11) is 0. The first-order chi connectivity index (χ1) is 10.4. The van der Waals surface area contributed by atoms with E-state index in [0.717, 1.165) is 44.9 Å². The molecule has 4 fully saturated rings. The summed E-state index contributed by atoms with van der Waals surface area (Å²) in [6.45, 7) is 4.51. The third-order valence-electron chi connectivity index (χ3n) is 8.21. The molecule has 0 radical (unpaired) electrons. The molecule has 4 saturated carbocycles. The van der Waals surface area contributed by atoms with Crippen molar-refractivity contribution in [3.63, 3.8) is 0 Å². The van der Waals surface area contributed by atoms with Gasteiger partial charge in [0.25, 0.3) is 0 Å². The number of fused-ring (bicyclic) bond motifs is 5. The molecule has 22 heavy (non-hydrogen) atoms. The van der Waals surface area contributed by atoms with Gasteiger partial charge in [0.1, 0.15) is 11.9 Å². The zero-order valence-electron chi connectivity index (χ0n) is 13.8. The molecule has 0 heterocycles. The molecule has 0 bridgehead atoms. The normalized spacial score (nSPS) is 54.6. The van der Waals surface area contributed by atoms with Gasteiger partial charge in [-0.05, 0) is 68.1 Å². The van der Waals surface area contributed by atoms with Gasteiger partial charge in [0.2, 0.25) is 0 Å². The van der Waals surface area contributed by atoms with E-state index in [1.807, 2.05) is 0 Å². The highest BCUT2D eigenvalue weighted by Gasteiger charge is 2.61. The summed E-state index contributed by atoms with van der Waals surface area (Å²) in [4.78, 5) is 24.9. The van der Waals surface area contributed by atoms with Crippen LogP contribution in [0, 0.1) is 34.5 Å². The van der Waals surface area contributed by atoms with E-state index in [9.17, 15) is 14.7 Å². The first-order valence-electron chi connectivity index (χ1n) is 9.13. The van der Waals surface area contributed by atoms with Gasteiger partial charge < -0.3 is 5.11 Å². The lowest BCUT2D eigenvalue weighted by Crippen LogP contribution is -2.57. The molecular formula is C19H28O3. The fraction of sp³-hybridized carbons (Fsp3) is 0.895. The van der Waals surface area contributed by atoms with E-state index in [-0.39, 0.29) is 22.5 Å². The average Bonchev–Trinajstić information content (AvgIpc) is 2.79. The molecule has 7 atom stereocenters. The van der Waals surface area contributed by atoms with Gasteiger partial charge in [-0.3, -0.25) is 9.59 Å². The lowest BCUT2D eigenvalue weighted by Gasteiger charge is -2.59.